The van der Waals surface area contributed by atoms with Crippen LogP contribution < -0.4 is 0 Å². The topological polar surface area (TPSA) is 69.4 Å². The zero-order valence-corrected chi connectivity index (χ0v) is 13.4. The van der Waals surface area contributed by atoms with Crippen LogP contribution >= 0.6 is 0 Å². The number of nitrogens with zero attached hydrogens (tertiary/aromatic N) is 1. The predicted octanol–water partition coefficient (Wildman–Crippen LogP) is 3.64. The molecule has 0 spiro atoms. The second-order valence-corrected chi connectivity index (χ2v) is 6.29. The summed E-state index contributed by atoms with van der Waals surface area (Å²) in [6.45, 7) is 2.16. The van der Waals surface area contributed by atoms with Gasteiger partial charge in [0.25, 0.3) is 5.69 Å². The van der Waals surface area contributed by atoms with Crippen LogP contribution in [0, 0.1) is 10.1 Å². The minimum absolute atomic E-state index is 0.179. The number of carbonyl (C=O) groups excluding carboxylic acids is 1. The first-order valence-electron chi connectivity index (χ1n) is 8.22. The number of hydrogen-bond acceptors (Lipinski definition) is 4. The van der Waals surface area contributed by atoms with Gasteiger partial charge in [-0.05, 0) is 78.1 Å². The highest BCUT2D eigenvalue weighted by atomic mass is 16.6. The monoisotopic (exact) mass is 323 g/mol. The van der Waals surface area contributed by atoms with E-state index in [1.54, 1.807) is 19.1 Å². The van der Waals surface area contributed by atoms with E-state index >= 15 is 0 Å². The van der Waals surface area contributed by atoms with Crippen LogP contribution in [0.3, 0.4) is 0 Å². The van der Waals surface area contributed by atoms with Crippen molar-refractivity contribution in [2.75, 3.05) is 6.61 Å². The number of aryl methyl sites for hydroxylation is 4. The zero-order valence-electron chi connectivity index (χ0n) is 13.4. The summed E-state index contributed by atoms with van der Waals surface area (Å²) in [5, 5.41) is 11.2. The first-order chi connectivity index (χ1) is 11.6. The Morgan fingerprint density at radius 1 is 1.00 bits per heavy atom. The number of benzene rings is 2. The second-order valence-electron chi connectivity index (χ2n) is 6.29. The summed E-state index contributed by atoms with van der Waals surface area (Å²) in [7, 11) is 0. The van der Waals surface area contributed by atoms with Gasteiger partial charge in [0.05, 0.1) is 17.1 Å². The normalized spacial score (nSPS) is 14.0. The standard InChI is InChI=1S/C19H17NO4/c1-2-24-19(21)15-7-11-3-5-13-9-16(20(22)23)10-14-6-4-12(8-15)17(11)18(13)14/h7-10H,2-6H2,1H3. The Kier molecular flexibility index (Phi) is 3.37. The number of non-ortho nitro benzene ring substituents is 1. The third kappa shape index (κ3) is 2.19. The molecule has 5 nitrogen and oxygen atoms in total. The second kappa shape index (κ2) is 5.44. The molecule has 5 heteroatoms. The summed E-state index contributed by atoms with van der Waals surface area (Å²) in [6, 6.07) is 7.26. The van der Waals surface area contributed by atoms with E-state index in [0.717, 1.165) is 53.5 Å². The summed E-state index contributed by atoms with van der Waals surface area (Å²) in [5.74, 6) is -0.281. The summed E-state index contributed by atoms with van der Waals surface area (Å²) >= 11 is 0. The smallest absolute Gasteiger partial charge is 0.338 e. The fourth-order valence-corrected chi connectivity index (χ4v) is 3.92. The van der Waals surface area contributed by atoms with Crippen LogP contribution in [-0.2, 0) is 30.4 Å². The number of nitro benzene ring substituents is 1. The zero-order chi connectivity index (χ0) is 16.8. The van der Waals surface area contributed by atoms with Crippen molar-refractivity contribution in [2.24, 2.45) is 0 Å². The summed E-state index contributed by atoms with van der Waals surface area (Å²) < 4.78 is 5.13. The molecule has 0 amide bonds. The van der Waals surface area contributed by atoms with E-state index in [1.165, 1.54) is 5.56 Å². The van der Waals surface area contributed by atoms with Crippen molar-refractivity contribution in [3.05, 3.63) is 62.2 Å². The molecule has 0 saturated carbocycles. The highest BCUT2D eigenvalue weighted by Gasteiger charge is 2.29. The van der Waals surface area contributed by atoms with Crippen LogP contribution in [0.25, 0.3) is 11.1 Å². The number of hydrogen-bond donors (Lipinski definition) is 0. The lowest BCUT2D eigenvalue weighted by atomic mass is 9.74. The van der Waals surface area contributed by atoms with Gasteiger partial charge < -0.3 is 4.74 Å². The van der Waals surface area contributed by atoms with Gasteiger partial charge in [0.2, 0.25) is 0 Å². The largest absolute Gasteiger partial charge is 0.462 e. The summed E-state index contributed by atoms with van der Waals surface area (Å²) in [4.78, 5) is 22.9. The van der Waals surface area contributed by atoms with Crippen LogP contribution in [0.4, 0.5) is 5.69 Å². The van der Waals surface area contributed by atoms with E-state index in [1.807, 2.05) is 12.1 Å². The third-order valence-electron chi connectivity index (χ3n) is 4.89. The van der Waals surface area contributed by atoms with Gasteiger partial charge in [0, 0.05) is 12.1 Å². The predicted molar refractivity (Wildman–Crippen MR) is 89.3 cm³/mol. The van der Waals surface area contributed by atoms with Gasteiger partial charge in [0.1, 0.15) is 0 Å². The van der Waals surface area contributed by atoms with Crippen molar-refractivity contribution in [3.63, 3.8) is 0 Å². The maximum Gasteiger partial charge on any atom is 0.338 e. The Morgan fingerprint density at radius 2 is 1.46 bits per heavy atom. The van der Waals surface area contributed by atoms with Crippen LogP contribution in [0.5, 0.6) is 0 Å². The lowest BCUT2D eigenvalue weighted by molar-refractivity contribution is -0.385. The molecule has 4 rings (SSSR count). The van der Waals surface area contributed by atoms with Gasteiger partial charge in [-0.1, -0.05) is 0 Å². The molecule has 2 aliphatic rings. The Hall–Kier alpha value is -2.69. The van der Waals surface area contributed by atoms with Gasteiger partial charge in [-0.15, -0.1) is 0 Å². The molecule has 24 heavy (non-hydrogen) atoms. The quantitative estimate of drug-likeness (QED) is 0.491. The maximum absolute atomic E-state index is 12.1. The summed E-state index contributed by atoms with van der Waals surface area (Å²) in [6.07, 6.45) is 3.12. The molecule has 2 aromatic rings. The van der Waals surface area contributed by atoms with E-state index < -0.39 is 0 Å². The van der Waals surface area contributed by atoms with Crippen molar-refractivity contribution in [3.8, 4) is 11.1 Å². The van der Waals surface area contributed by atoms with Gasteiger partial charge >= 0.3 is 5.97 Å². The van der Waals surface area contributed by atoms with E-state index in [4.69, 9.17) is 4.74 Å². The van der Waals surface area contributed by atoms with E-state index in [2.05, 4.69) is 0 Å². The average molecular weight is 323 g/mol. The number of ether oxygens (including phenoxy) is 1. The van der Waals surface area contributed by atoms with Crippen molar-refractivity contribution >= 4 is 11.7 Å². The lowest BCUT2D eigenvalue weighted by Gasteiger charge is -2.29. The Bertz CT molecular complexity index is 835. The molecule has 122 valence electrons. The highest BCUT2D eigenvalue weighted by molar-refractivity contribution is 5.93. The lowest BCUT2D eigenvalue weighted by Crippen LogP contribution is -2.16. The fourth-order valence-electron chi connectivity index (χ4n) is 3.92. The van der Waals surface area contributed by atoms with Crippen molar-refractivity contribution < 1.29 is 14.5 Å². The molecule has 0 N–H and O–H groups in total. The molecule has 0 bridgehead atoms. The molecule has 0 fully saturated rings. The van der Waals surface area contributed by atoms with Crippen molar-refractivity contribution in [1.29, 1.82) is 0 Å². The molecule has 0 radical (unpaired) electrons. The van der Waals surface area contributed by atoms with Gasteiger partial charge in [-0.25, -0.2) is 4.79 Å². The molecule has 2 aliphatic carbocycles. The summed E-state index contributed by atoms with van der Waals surface area (Å²) in [5.41, 5.74) is 7.53. The SMILES string of the molecule is CCOC(=O)c1cc2c3c(c1)CCc1cc([N+](=O)[O-])cc(c1-3)CC2. The molecule has 0 unspecified atom stereocenters. The Balaban J connectivity index is 1.89. The van der Waals surface area contributed by atoms with E-state index in [0.29, 0.717) is 12.2 Å². The molecule has 0 heterocycles. The number of esters is 1. The van der Waals surface area contributed by atoms with Crippen LogP contribution in [0.2, 0.25) is 0 Å². The molecular formula is C19H17NO4. The Morgan fingerprint density at radius 3 is 1.88 bits per heavy atom. The fraction of sp³-hybridized carbons (Fsp3) is 0.316. The van der Waals surface area contributed by atoms with Crippen molar-refractivity contribution in [1.82, 2.24) is 0 Å². The minimum Gasteiger partial charge on any atom is -0.462 e. The van der Waals surface area contributed by atoms with Crippen LogP contribution in [0.1, 0.15) is 39.5 Å². The first kappa shape index (κ1) is 14.9. The van der Waals surface area contributed by atoms with Crippen LogP contribution in [0.15, 0.2) is 24.3 Å². The van der Waals surface area contributed by atoms with E-state index in [-0.39, 0.29) is 16.6 Å². The molecule has 0 saturated heterocycles. The number of nitro groups is 1. The van der Waals surface area contributed by atoms with Gasteiger partial charge in [-0.3, -0.25) is 10.1 Å². The van der Waals surface area contributed by atoms with Gasteiger partial charge in [0.15, 0.2) is 0 Å². The van der Waals surface area contributed by atoms with Crippen molar-refractivity contribution in [2.45, 2.75) is 32.6 Å². The van der Waals surface area contributed by atoms with E-state index in [9.17, 15) is 14.9 Å². The molecule has 2 aromatic carbocycles. The Labute approximate surface area is 139 Å². The maximum atomic E-state index is 12.1. The molecule has 0 aliphatic heterocycles. The van der Waals surface area contributed by atoms with Gasteiger partial charge in [-0.2, -0.15) is 0 Å². The molecule has 0 atom stereocenters. The number of rotatable bonds is 3. The number of carbonyl (C=O) groups is 1. The highest BCUT2D eigenvalue weighted by Crippen LogP contribution is 2.44. The van der Waals surface area contributed by atoms with Crippen LogP contribution in [-0.4, -0.2) is 17.5 Å². The molecular weight excluding hydrogens is 306 g/mol. The molecule has 0 aromatic heterocycles. The third-order valence-corrected chi connectivity index (χ3v) is 4.89. The minimum atomic E-state index is -0.314. The first-order valence-corrected chi connectivity index (χ1v) is 8.22. The average Bonchev–Trinajstić information content (AvgIpc) is 2.59.